The summed E-state index contributed by atoms with van der Waals surface area (Å²) in [6, 6.07) is 9.24. The molecule has 2 unspecified atom stereocenters. The minimum absolute atomic E-state index is 0.180. The van der Waals surface area contributed by atoms with E-state index in [9.17, 15) is 0 Å². The molecule has 0 N–H and O–H groups in total. The molecule has 0 saturated carbocycles. The molecule has 3 aromatic rings. The Morgan fingerprint density at radius 3 is 2.27 bits per heavy atom. The highest BCUT2D eigenvalue weighted by Crippen LogP contribution is 2.50. The van der Waals surface area contributed by atoms with Gasteiger partial charge in [0, 0.05) is 31.0 Å². The van der Waals surface area contributed by atoms with Crippen LogP contribution in [-0.4, -0.2) is 8.75 Å². The Kier molecular flexibility index (Phi) is 5.61. The molecular weight excluding hydrogens is 424 g/mol. The van der Waals surface area contributed by atoms with E-state index >= 15 is 0 Å². The molecule has 2 atom stereocenters. The molecule has 1 aliphatic carbocycles. The first-order valence-electron chi connectivity index (χ1n) is 10.8. The van der Waals surface area contributed by atoms with Crippen molar-refractivity contribution >= 4 is 40.0 Å². The van der Waals surface area contributed by atoms with Crippen molar-refractivity contribution in [2.45, 2.75) is 78.6 Å². The van der Waals surface area contributed by atoms with Crippen LogP contribution in [0.5, 0.6) is 0 Å². The van der Waals surface area contributed by atoms with Crippen LogP contribution in [0.15, 0.2) is 29.8 Å². The van der Waals surface area contributed by atoms with Crippen molar-refractivity contribution in [1.82, 2.24) is 8.75 Å². The van der Waals surface area contributed by atoms with E-state index < -0.39 is 0 Å². The highest BCUT2D eigenvalue weighted by Gasteiger charge is 2.37. The highest BCUT2D eigenvalue weighted by atomic mass is 32.1. The van der Waals surface area contributed by atoms with Crippen LogP contribution < -0.4 is 0 Å². The Morgan fingerprint density at radius 1 is 0.933 bits per heavy atom. The minimum atomic E-state index is 0.180. The standard InChI is InChI=1S/C25H32N2S3/c1-9-25(7,8)19-13-11-17(29-19)21-15(3)14(2)20(22-23(21)27-30-26-22)16-10-12-18(28-16)24(4,5)6/h10-14,20H,9H2,1-8H3. The van der Waals surface area contributed by atoms with Crippen LogP contribution in [-0.2, 0) is 10.8 Å². The van der Waals surface area contributed by atoms with Crippen molar-refractivity contribution in [2.75, 3.05) is 0 Å². The summed E-state index contributed by atoms with van der Waals surface area (Å²) in [6.45, 7) is 18.5. The second-order valence-electron chi connectivity index (χ2n) is 10.2. The van der Waals surface area contributed by atoms with Gasteiger partial charge in [-0.15, -0.1) is 22.7 Å². The Morgan fingerprint density at radius 2 is 1.63 bits per heavy atom. The van der Waals surface area contributed by atoms with Crippen LogP contribution in [0.1, 0.15) is 98.6 Å². The zero-order chi connectivity index (χ0) is 21.8. The molecule has 0 fully saturated rings. The molecule has 3 heterocycles. The fourth-order valence-corrected chi connectivity index (χ4v) is 7.26. The highest BCUT2D eigenvalue weighted by molar-refractivity contribution is 7.13. The van der Waals surface area contributed by atoms with E-state index in [-0.39, 0.29) is 10.8 Å². The van der Waals surface area contributed by atoms with Gasteiger partial charge in [0.05, 0.1) is 17.4 Å². The molecule has 0 radical (unpaired) electrons. The van der Waals surface area contributed by atoms with Gasteiger partial charge in [-0.25, -0.2) is 0 Å². The van der Waals surface area contributed by atoms with Crippen molar-refractivity contribution in [3.8, 4) is 0 Å². The van der Waals surface area contributed by atoms with Crippen LogP contribution in [0.4, 0.5) is 0 Å². The lowest BCUT2D eigenvalue weighted by atomic mass is 9.76. The Hall–Kier alpha value is -1.30. The Balaban J connectivity index is 1.79. The number of thiophene rings is 2. The maximum Gasteiger partial charge on any atom is 0.109 e. The first-order valence-corrected chi connectivity index (χ1v) is 13.2. The molecule has 4 rings (SSSR count). The topological polar surface area (TPSA) is 25.8 Å². The smallest absolute Gasteiger partial charge is 0.109 e. The van der Waals surface area contributed by atoms with Crippen molar-refractivity contribution in [3.63, 3.8) is 0 Å². The number of hydrogen-bond donors (Lipinski definition) is 0. The SMILES string of the molecule is CCC(C)(C)c1ccc(C2=C(C)C(C)C(c3ccc(C(C)(C)C)s3)c3nsnc32)s1. The molecule has 3 aromatic heterocycles. The van der Waals surface area contributed by atoms with Crippen molar-refractivity contribution in [1.29, 1.82) is 0 Å². The summed E-state index contributed by atoms with van der Waals surface area (Å²) < 4.78 is 9.63. The van der Waals surface area contributed by atoms with Gasteiger partial charge >= 0.3 is 0 Å². The molecule has 0 amide bonds. The van der Waals surface area contributed by atoms with E-state index in [1.165, 1.54) is 48.1 Å². The lowest BCUT2D eigenvalue weighted by molar-refractivity contribution is 0.517. The molecular formula is C25H32N2S3. The summed E-state index contributed by atoms with van der Waals surface area (Å²) in [4.78, 5) is 5.64. The van der Waals surface area contributed by atoms with Crippen LogP contribution in [0.3, 0.4) is 0 Å². The van der Waals surface area contributed by atoms with Crippen molar-refractivity contribution < 1.29 is 0 Å². The third-order valence-corrected chi connectivity index (χ3v) is 10.3. The normalized spacial score (nSPS) is 20.0. The van der Waals surface area contributed by atoms with E-state index in [1.807, 2.05) is 22.7 Å². The molecule has 2 nitrogen and oxygen atoms in total. The largest absolute Gasteiger partial charge is 0.177 e. The number of aromatic nitrogens is 2. The monoisotopic (exact) mass is 456 g/mol. The maximum absolute atomic E-state index is 4.83. The van der Waals surface area contributed by atoms with Crippen molar-refractivity contribution in [3.05, 3.63) is 60.7 Å². The molecule has 0 aromatic carbocycles. The average molecular weight is 457 g/mol. The second kappa shape index (κ2) is 7.68. The van der Waals surface area contributed by atoms with E-state index in [4.69, 9.17) is 8.75 Å². The van der Waals surface area contributed by atoms with E-state index in [1.54, 1.807) is 0 Å². The number of rotatable bonds is 4. The van der Waals surface area contributed by atoms with Gasteiger partial charge in [-0.2, -0.15) is 8.75 Å². The van der Waals surface area contributed by atoms with Crippen LogP contribution in [0.2, 0.25) is 0 Å². The van der Waals surface area contributed by atoms with E-state index in [0.717, 1.165) is 12.1 Å². The van der Waals surface area contributed by atoms with Gasteiger partial charge in [-0.1, -0.05) is 54.0 Å². The summed E-state index contributed by atoms with van der Waals surface area (Å²) in [5, 5.41) is 0. The van der Waals surface area contributed by atoms with Gasteiger partial charge in [-0.3, -0.25) is 0 Å². The van der Waals surface area contributed by atoms with Gasteiger partial charge in [0.25, 0.3) is 0 Å². The molecule has 0 aliphatic heterocycles. The lowest BCUT2D eigenvalue weighted by Gasteiger charge is -2.30. The number of hydrogen-bond acceptors (Lipinski definition) is 5. The van der Waals surface area contributed by atoms with Gasteiger partial charge < -0.3 is 0 Å². The third-order valence-electron chi connectivity index (χ3n) is 6.70. The lowest BCUT2D eigenvalue weighted by Crippen LogP contribution is -2.19. The van der Waals surface area contributed by atoms with Crippen LogP contribution in [0, 0.1) is 5.92 Å². The van der Waals surface area contributed by atoms with Crippen LogP contribution in [0.25, 0.3) is 5.57 Å². The van der Waals surface area contributed by atoms with Crippen LogP contribution >= 0.6 is 34.4 Å². The predicted octanol–water partition coefficient (Wildman–Crippen LogP) is 8.25. The number of fused-ring (bicyclic) bond motifs is 1. The summed E-state index contributed by atoms with van der Waals surface area (Å²) in [5.41, 5.74) is 5.42. The minimum Gasteiger partial charge on any atom is -0.177 e. The molecule has 1 aliphatic rings. The molecule has 0 spiro atoms. The molecule has 0 bridgehead atoms. The molecule has 30 heavy (non-hydrogen) atoms. The van der Waals surface area contributed by atoms with Crippen molar-refractivity contribution in [2.24, 2.45) is 5.92 Å². The van der Waals surface area contributed by atoms with E-state index in [2.05, 4.69) is 79.7 Å². The first-order chi connectivity index (χ1) is 14.0. The number of nitrogens with zero attached hydrogens (tertiary/aromatic N) is 2. The zero-order valence-electron chi connectivity index (χ0n) is 19.3. The zero-order valence-corrected chi connectivity index (χ0v) is 21.7. The maximum atomic E-state index is 4.83. The Labute approximate surface area is 193 Å². The summed E-state index contributed by atoms with van der Waals surface area (Å²) in [6.07, 6.45) is 1.14. The summed E-state index contributed by atoms with van der Waals surface area (Å²) >= 11 is 5.23. The fraction of sp³-hybridized carbons (Fsp3) is 0.520. The second-order valence-corrected chi connectivity index (χ2v) is 12.9. The van der Waals surface area contributed by atoms with Gasteiger partial charge in [-0.05, 0) is 54.4 Å². The summed E-state index contributed by atoms with van der Waals surface area (Å²) in [7, 11) is 0. The average Bonchev–Trinajstić information content (AvgIpc) is 3.42. The quantitative estimate of drug-likeness (QED) is 0.395. The fourth-order valence-electron chi connectivity index (χ4n) is 4.10. The first kappa shape index (κ1) is 21.9. The molecule has 5 heteroatoms. The van der Waals surface area contributed by atoms with Gasteiger partial charge in [0.1, 0.15) is 5.69 Å². The summed E-state index contributed by atoms with van der Waals surface area (Å²) in [5.74, 6) is 0.711. The molecule has 160 valence electrons. The Bertz CT molecular complexity index is 1090. The van der Waals surface area contributed by atoms with Gasteiger partial charge in [0.15, 0.2) is 0 Å². The third kappa shape index (κ3) is 3.63. The predicted molar refractivity (Wildman–Crippen MR) is 133 cm³/mol. The number of allylic oxidation sites excluding steroid dienone is 1. The molecule has 0 saturated heterocycles. The van der Waals surface area contributed by atoms with E-state index in [0.29, 0.717) is 11.8 Å². The van der Waals surface area contributed by atoms with Gasteiger partial charge in [0.2, 0.25) is 0 Å².